The van der Waals surface area contributed by atoms with Crippen molar-refractivity contribution in [1.82, 2.24) is 16.2 Å². The van der Waals surface area contributed by atoms with Crippen molar-refractivity contribution in [2.24, 2.45) is 5.92 Å². The van der Waals surface area contributed by atoms with Gasteiger partial charge in [0.15, 0.2) is 10.2 Å². The molecule has 0 radical (unpaired) electrons. The van der Waals surface area contributed by atoms with E-state index in [1.807, 2.05) is 0 Å². The summed E-state index contributed by atoms with van der Waals surface area (Å²) in [5.41, 5.74) is 6.35. The maximum absolute atomic E-state index is 12.8. The Morgan fingerprint density at radius 3 is 2.35 bits per heavy atom. The van der Waals surface area contributed by atoms with Crippen LogP contribution in [0.3, 0.4) is 0 Å². The minimum Gasteiger partial charge on any atom is -0.361 e. The van der Waals surface area contributed by atoms with E-state index in [9.17, 15) is 4.39 Å². The van der Waals surface area contributed by atoms with Crippen molar-refractivity contribution in [2.75, 3.05) is 11.9 Å². The van der Waals surface area contributed by atoms with Crippen molar-refractivity contribution in [3.8, 4) is 0 Å². The topological polar surface area (TPSA) is 48.1 Å². The highest BCUT2D eigenvalue weighted by Crippen LogP contribution is 2.11. The number of hydrazine groups is 1. The summed E-state index contributed by atoms with van der Waals surface area (Å²) in [6.07, 6.45) is 4.79. The van der Waals surface area contributed by atoms with Gasteiger partial charge in [0.1, 0.15) is 5.82 Å². The lowest BCUT2D eigenvalue weighted by Crippen LogP contribution is -2.49. The summed E-state index contributed by atoms with van der Waals surface area (Å²) in [6.45, 7) is 5.24. The Morgan fingerprint density at radius 1 is 1.09 bits per heavy atom. The summed E-state index contributed by atoms with van der Waals surface area (Å²) < 4.78 is 12.8. The molecule has 0 saturated carbocycles. The van der Waals surface area contributed by atoms with Crippen LogP contribution < -0.4 is 21.5 Å². The van der Waals surface area contributed by atoms with Crippen molar-refractivity contribution >= 4 is 40.3 Å². The van der Waals surface area contributed by atoms with Crippen molar-refractivity contribution in [1.29, 1.82) is 0 Å². The minimum absolute atomic E-state index is 0.286. The molecule has 4 nitrogen and oxygen atoms in total. The molecule has 0 heterocycles. The molecule has 0 aliphatic rings. The highest BCUT2D eigenvalue weighted by atomic mass is 32.1. The Hall–Kier alpha value is -1.47. The zero-order valence-corrected chi connectivity index (χ0v) is 15.2. The van der Waals surface area contributed by atoms with E-state index in [2.05, 4.69) is 35.3 Å². The number of anilines is 1. The van der Waals surface area contributed by atoms with Crippen LogP contribution in [0.1, 0.15) is 39.5 Å². The van der Waals surface area contributed by atoms with Crippen LogP contribution in [0.25, 0.3) is 0 Å². The van der Waals surface area contributed by atoms with Gasteiger partial charge < -0.3 is 10.6 Å². The Kier molecular flexibility index (Phi) is 9.47. The summed E-state index contributed by atoms with van der Waals surface area (Å²) in [5.74, 6) is 0.338. The highest BCUT2D eigenvalue weighted by molar-refractivity contribution is 7.80. The number of hydrogen-bond donors (Lipinski definition) is 4. The number of rotatable bonds is 7. The van der Waals surface area contributed by atoms with Gasteiger partial charge in [-0.05, 0) is 61.0 Å². The molecular weight excluding hydrogens is 331 g/mol. The van der Waals surface area contributed by atoms with Gasteiger partial charge in [-0.15, -0.1) is 0 Å². The van der Waals surface area contributed by atoms with Crippen LogP contribution in [-0.2, 0) is 0 Å². The van der Waals surface area contributed by atoms with Crippen LogP contribution in [0.5, 0.6) is 0 Å². The molecule has 4 N–H and O–H groups in total. The SMILES string of the molecule is CCCC[C@@H](CC)CNC(=S)NNC(=S)Nc1ccc(F)cc1. The lowest BCUT2D eigenvalue weighted by atomic mass is 9.99. The molecule has 0 amide bonds. The quantitative estimate of drug-likeness (QED) is 0.441. The normalized spacial score (nSPS) is 11.4. The van der Waals surface area contributed by atoms with E-state index >= 15 is 0 Å². The van der Waals surface area contributed by atoms with Crippen LogP contribution in [0.15, 0.2) is 24.3 Å². The Labute approximate surface area is 148 Å². The molecule has 23 heavy (non-hydrogen) atoms. The fraction of sp³-hybridized carbons (Fsp3) is 0.500. The van der Waals surface area contributed by atoms with E-state index in [0.717, 1.165) is 13.0 Å². The average molecular weight is 357 g/mol. The maximum Gasteiger partial charge on any atom is 0.189 e. The first-order chi connectivity index (χ1) is 11.0. The fourth-order valence-corrected chi connectivity index (χ4v) is 2.34. The summed E-state index contributed by atoms with van der Waals surface area (Å²) in [6, 6.07) is 5.95. The summed E-state index contributed by atoms with van der Waals surface area (Å²) in [5, 5.41) is 6.99. The molecule has 1 rings (SSSR count). The molecule has 0 bridgehead atoms. The fourth-order valence-electron chi connectivity index (χ4n) is 2.03. The molecule has 0 spiro atoms. The van der Waals surface area contributed by atoms with E-state index in [1.165, 1.54) is 31.4 Å². The molecule has 0 aliphatic heterocycles. The van der Waals surface area contributed by atoms with Gasteiger partial charge in [-0.2, -0.15) is 0 Å². The first-order valence-corrected chi connectivity index (χ1v) is 8.73. The van der Waals surface area contributed by atoms with Crippen LogP contribution >= 0.6 is 24.4 Å². The van der Waals surface area contributed by atoms with Crippen molar-refractivity contribution < 1.29 is 4.39 Å². The van der Waals surface area contributed by atoms with Gasteiger partial charge in [-0.25, -0.2) is 4.39 Å². The minimum atomic E-state index is -0.286. The number of nitrogens with one attached hydrogen (secondary N) is 4. The zero-order chi connectivity index (χ0) is 17.1. The molecule has 1 atom stereocenters. The van der Waals surface area contributed by atoms with Gasteiger partial charge in [0.25, 0.3) is 0 Å². The second kappa shape index (κ2) is 11.1. The van der Waals surface area contributed by atoms with Crippen LogP contribution in [0.4, 0.5) is 10.1 Å². The smallest absolute Gasteiger partial charge is 0.189 e. The van der Waals surface area contributed by atoms with Crippen molar-refractivity contribution in [3.05, 3.63) is 30.1 Å². The number of benzene rings is 1. The third kappa shape index (κ3) is 8.66. The molecule has 0 fully saturated rings. The van der Waals surface area contributed by atoms with Gasteiger partial charge >= 0.3 is 0 Å². The number of halogens is 1. The van der Waals surface area contributed by atoms with E-state index in [4.69, 9.17) is 24.4 Å². The van der Waals surface area contributed by atoms with Crippen LogP contribution in [0.2, 0.25) is 0 Å². The number of hydrogen-bond acceptors (Lipinski definition) is 2. The van der Waals surface area contributed by atoms with Crippen LogP contribution in [-0.4, -0.2) is 16.8 Å². The number of thiocarbonyl (C=S) groups is 2. The maximum atomic E-state index is 12.8. The van der Waals surface area contributed by atoms with Gasteiger partial charge in [-0.1, -0.05) is 33.1 Å². The van der Waals surface area contributed by atoms with Gasteiger partial charge in [0.2, 0.25) is 0 Å². The highest BCUT2D eigenvalue weighted by Gasteiger charge is 2.06. The molecule has 1 aromatic rings. The van der Waals surface area contributed by atoms with Gasteiger partial charge in [0, 0.05) is 12.2 Å². The second-order valence-corrected chi connectivity index (χ2v) is 6.15. The van der Waals surface area contributed by atoms with E-state index in [-0.39, 0.29) is 5.82 Å². The van der Waals surface area contributed by atoms with Crippen molar-refractivity contribution in [3.63, 3.8) is 0 Å². The molecule has 1 aromatic carbocycles. The Bertz CT molecular complexity index is 493. The molecule has 0 aliphatic carbocycles. The molecule has 0 aromatic heterocycles. The van der Waals surface area contributed by atoms with E-state index in [0.29, 0.717) is 21.8 Å². The second-order valence-electron chi connectivity index (χ2n) is 5.34. The predicted molar refractivity (Wildman–Crippen MR) is 103 cm³/mol. The summed E-state index contributed by atoms with van der Waals surface area (Å²) in [7, 11) is 0. The monoisotopic (exact) mass is 356 g/mol. The first-order valence-electron chi connectivity index (χ1n) is 7.91. The summed E-state index contributed by atoms with van der Waals surface area (Å²) >= 11 is 10.3. The lowest BCUT2D eigenvalue weighted by Gasteiger charge is -2.18. The third-order valence-electron chi connectivity index (χ3n) is 3.49. The molecule has 128 valence electrons. The Balaban J connectivity index is 2.24. The van der Waals surface area contributed by atoms with Crippen molar-refractivity contribution in [2.45, 2.75) is 39.5 Å². The van der Waals surface area contributed by atoms with E-state index in [1.54, 1.807) is 12.1 Å². The zero-order valence-electron chi connectivity index (χ0n) is 13.6. The standard InChI is InChI=1S/C16H25FN4S2/c1-3-5-6-12(4-2)11-18-15(22)20-21-16(23)19-14-9-7-13(17)8-10-14/h7-10,12H,3-6,11H2,1-2H3,(H2,18,20,22)(H2,19,21,23)/t12-/m1/s1. The third-order valence-corrected chi connectivity index (χ3v) is 3.94. The molecule has 7 heteroatoms. The molecule has 0 unspecified atom stereocenters. The Morgan fingerprint density at radius 2 is 1.74 bits per heavy atom. The number of unbranched alkanes of at least 4 members (excludes halogenated alkanes) is 1. The predicted octanol–water partition coefficient (Wildman–Crippen LogP) is 3.71. The molecule has 0 saturated heterocycles. The largest absolute Gasteiger partial charge is 0.361 e. The van der Waals surface area contributed by atoms with Gasteiger partial charge in [0.05, 0.1) is 0 Å². The van der Waals surface area contributed by atoms with Gasteiger partial charge in [-0.3, -0.25) is 10.9 Å². The first kappa shape index (κ1) is 19.6. The van der Waals surface area contributed by atoms with E-state index < -0.39 is 0 Å². The summed E-state index contributed by atoms with van der Waals surface area (Å²) in [4.78, 5) is 0. The average Bonchev–Trinajstić information content (AvgIpc) is 2.55. The lowest BCUT2D eigenvalue weighted by molar-refractivity contribution is 0.444. The van der Waals surface area contributed by atoms with Crippen LogP contribution in [0, 0.1) is 11.7 Å². The molecular formula is C16H25FN4S2.